The molecule has 1 aliphatic rings. The number of nitrogens with one attached hydrogen (secondary N) is 1. The molecule has 0 atom stereocenters. The predicted molar refractivity (Wildman–Crippen MR) is 61.4 cm³/mol. The molecule has 1 aromatic carbocycles. The summed E-state index contributed by atoms with van der Waals surface area (Å²) in [5, 5.41) is 2.74. The van der Waals surface area contributed by atoms with Gasteiger partial charge in [-0.2, -0.15) is 0 Å². The Bertz CT molecular complexity index is 454. The van der Waals surface area contributed by atoms with Crippen molar-refractivity contribution in [2.75, 3.05) is 18.9 Å². The highest BCUT2D eigenvalue weighted by atomic mass is 16.2. The van der Waals surface area contributed by atoms with E-state index >= 15 is 0 Å². The Morgan fingerprint density at radius 1 is 1.50 bits per heavy atom. The number of hydrogen-bond donors (Lipinski definition) is 1. The second-order valence-electron chi connectivity index (χ2n) is 3.92. The van der Waals surface area contributed by atoms with Gasteiger partial charge in [0.15, 0.2) is 0 Å². The SMILES string of the molecule is CCN(C)C(=O)c1ccc2c(c1)NC(=O)C2. The number of benzene rings is 1. The number of carbonyl (C=O) groups is 2. The molecule has 0 spiro atoms. The Hall–Kier alpha value is -1.84. The van der Waals surface area contributed by atoms with E-state index in [4.69, 9.17) is 0 Å². The predicted octanol–water partition coefficient (Wildman–Crippen LogP) is 1.27. The van der Waals surface area contributed by atoms with Gasteiger partial charge in [-0.05, 0) is 24.6 Å². The molecule has 1 heterocycles. The number of rotatable bonds is 2. The van der Waals surface area contributed by atoms with Gasteiger partial charge in [-0.25, -0.2) is 0 Å². The first-order valence-electron chi connectivity index (χ1n) is 5.30. The van der Waals surface area contributed by atoms with E-state index in [-0.39, 0.29) is 11.8 Å². The zero-order valence-electron chi connectivity index (χ0n) is 9.41. The molecule has 4 nitrogen and oxygen atoms in total. The van der Waals surface area contributed by atoms with Crippen molar-refractivity contribution in [3.8, 4) is 0 Å². The summed E-state index contributed by atoms with van der Waals surface area (Å²) in [7, 11) is 1.76. The van der Waals surface area contributed by atoms with E-state index in [2.05, 4.69) is 5.32 Å². The highest BCUT2D eigenvalue weighted by Gasteiger charge is 2.19. The summed E-state index contributed by atoms with van der Waals surface area (Å²) in [4.78, 5) is 24.7. The molecule has 1 N–H and O–H groups in total. The number of nitrogens with zero attached hydrogens (tertiary/aromatic N) is 1. The highest BCUT2D eigenvalue weighted by Crippen LogP contribution is 2.24. The number of amides is 2. The molecule has 0 fully saturated rings. The molecule has 1 aliphatic heterocycles. The van der Waals surface area contributed by atoms with Crippen LogP contribution < -0.4 is 5.32 Å². The monoisotopic (exact) mass is 218 g/mol. The van der Waals surface area contributed by atoms with Gasteiger partial charge in [0.05, 0.1) is 6.42 Å². The molecule has 4 heteroatoms. The highest BCUT2D eigenvalue weighted by molar-refractivity contribution is 6.02. The van der Waals surface area contributed by atoms with Crippen LogP contribution in [0.5, 0.6) is 0 Å². The molecule has 0 aliphatic carbocycles. The minimum absolute atomic E-state index is 0.0107. The van der Waals surface area contributed by atoms with Crippen molar-refractivity contribution in [2.45, 2.75) is 13.3 Å². The smallest absolute Gasteiger partial charge is 0.253 e. The van der Waals surface area contributed by atoms with Crippen LogP contribution in [0, 0.1) is 0 Å². The molecule has 0 saturated carbocycles. The molecule has 84 valence electrons. The van der Waals surface area contributed by atoms with E-state index in [0.717, 1.165) is 11.3 Å². The maximum absolute atomic E-state index is 11.9. The lowest BCUT2D eigenvalue weighted by Crippen LogP contribution is -2.26. The van der Waals surface area contributed by atoms with Crippen LogP contribution in [-0.2, 0) is 11.2 Å². The van der Waals surface area contributed by atoms with Crippen LogP contribution in [0.4, 0.5) is 5.69 Å². The Labute approximate surface area is 94.2 Å². The summed E-state index contributed by atoms with van der Waals surface area (Å²) in [5.74, 6) is -0.0325. The fraction of sp³-hybridized carbons (Fsp3) is 0.333. The normalized spacial score (nSPS) is 13.2. The maximum atomic E-state index is 11.9. The Morgan fingerprint density at radius 3 is 2.94 bits per heavy atom. The molecule has 2 rings (SSSR count). The zero-order valence-corrected chi connectivity index (χ0v) is 9.41. The van der Waals surface area contributed by atoms with Gasteiger partial charge in [0.2, 0.25) is 5.91 Å². The van der Waals surface area contributed by atoms with Gasteiger partial charge in [0.25, 0.3) is 5.91 Å². The first-order chi connectivity index (χ1) is 7.61. The van der Waals surface area contributed by atoms with Crippen LogP contribution in [0.2, 0.25) is 0 Å². The Balaban J connectivity index is 2.29. The van der Waals surface area contributed by atoms with Gasteiger partial charge in [-0.15, -0.1) is 0 Å². The van der Waals surface area contributed by atoms with Crippen LogP contribution in [0.1, 0.15) is 22.8 Å². The second kappa shape index (κ2) is 3.96. The van der Waals surface area contributed by atoms with Crippen molar-refractivity contribution in [1.29, 1.82) is 0 Å². The molecular formula is C12H14N2O2. The van der Waals surface area contributed by atoms with Crippen LogP contribution in [-0.4, -0.2) is 30.3 Å². The van der Waals surface area contributed by atoms with Crippen molar-refractivity contribution in [3.63, 3.8) is 0 Å². The van der Waals surface area contributed by atoms with Gasteiger partial charge < -0.3 is 10.2 Å². The fourth-order valence-corrected chi connectivity index (χ4v) is 1.71. The molecule has 0 saturated heterocycles. The average Bonchev–Trinajstić information content (AvgIpc) is 2.65. The van der Waals surface area contributed by atoms with E-state index in [1.54, 1.807) is 24.1 Å². The van der Waals surface area contributed by atoms with Crippen molar-refractivity contribution < 1.29 is 9.59 Å². The summed E-state index contributed by atoms with van der Waals surface area (Å²) < 4.78 is 0. The number of fused-ring (bicyclic) bond motifs is 1. The molecular weight excluding hydrogens is 204 g/mol. The van der Waals surface area contributed by atoms with Gasteiger partial charge in [0, 0.05) is 24.8 Å². The minimum Gasteiger partial charge on any atom is -0.342 e. The lowest BCUT2D eigenvalue weighted by molar-refractivity contribution is -0.115. The first kappa shape index (κ1) is 10.7. The standard InChI is InChI=1S/C12H14N2O2/c1-3-14(2)12(16)9-5-4-8-7-11(15)13-10(8)6-9/h4-6H,3,7H2,1-2H3,(H,13,15). The average molecular weight is 218 g/mol. The quantitative estimate of drug-likeness (QED) is 0.812. The topological polar surface area (TPSA) is 49.4 Å². The summed E-state index contributed by atoms with van der Waals surface area (Å²) in [6, 6.07) is 5.35. The molecule has 0 unspecified atom stereocenters. The third kappa shape index (κ3) is 1.78. The molecule has 0 aromatic heterocycles. The minimum atomic E-state index is -0.0218. The summed E-state index contributed by atoms with van der Waals surface area (Å²) >= 11 is 0. The fourth-order valence-electron chi connectivity index (χ4n) is 1.71. The van der Waals surface area contributed by atoms with Crippen LogP contribution in [0.15, 0.2) is 18.2 Å². The molecule has 1 aromatic rings. The Morgan fingerprint density at radius 2 is 2.25 bits per heavy atom. The lowest BCUT2D eigenvalue weighted by Gasteiger charge is -2.14. The van der Waals surface area contributed by atoms with E-state index in [1.165, 1.54) is 0 Å². The largest absolute Gasteiger partial charge is 0.342 e. The van der Waals surface area contributed by atoms with E-state index in [0.29, 0.717) is 18.5 Å². The van der Waals surface area contributed by atoms with Crippen LogP contribution in [0.25, 0.3) is 0 Å². The number of hydrogen-bond acceptors (Lipinski definition) is 2. The van der Waals surface area contributed by atoms with Gasteiger partial charge in [-0.1, -0.05) is 6.07 Å². The molecule has 0 bridgehead atoms. The third-order valence-corrected chi connectivity index (χ3v) is 2.80. The third-order valence-electron chi connectivity index (χ3n) is 2.80. The Kier molecular flexibility index (Phi) is 2.64. The summed E-state index contributed by atoms with van der Waals surface area (Å²) in [6.07, 6.45) is 0.410. The van der Waals surface area contributed by atoms with E-state index < -0.39 is 0 Å². The lowest BCUT2D eigenvalue weighted by atomic mass is 10.1. The summed E-state index contributed by atoms with van der Waals surface area (Å²) in [5.41, 5.74) is 2.34. The van der Waals surface area contributed by atoms with Gasteiger partial charge in [0.1, 0.15) is 0 Å². The van der Waals surface area contributed by atoms with Crippen LogP contribution in [0.3, 0.4) is 0 Å². The number of anilines is 1. The van der Waals surface area contributed by atoms with E-state index in [1.807, 2.05) is 13.0 Å². The molecule has 2 amide bonds. The van der Waals surface area contributed by atoms with Crippen molar-refractivity contribution in [2.24, 2.45) is 0 Å². The van der Waals surface area contributed by atoms with Crippen LogP contribution >= 0.6 is 0 Å². The van der Waals surface area contributed by atoms with Gasteiger partial charge in [-0.3, -0.25) is 9.59 Å². The first-order valence-corrected chi connectivity index (χ1v) is 5.30. The van der Waals surface area contributed by atoms with Gasteiger partial charge >= 0.3 is 0 Å². The zero-order chi connectivity index (χ0) is 11.7. The maximum Gasteiger partial charge on any atom is 0.253 e. The van der Waals surface area contributed by atoms with E-state index in [9.17, 15) is 9.59 Å². The second-order valence-corrected chi connectivity index (χ2v) is 3.92. The summed E-state index contributed by atoms with van der Waals surface area (Å²) in [6.45, 7) is 2.59. The van der Waals surface area contributed by atoms with Crippen molar-refractivity contribution >= 4 is 17.5 Å². The van der Waals surface area contributed by atoms with Crippen molar-refractivity contribution in [3.05, 3.63) is 29.3 Å². The number of carbonyl (C=O) groups excluding carboxylic acids is 2. The van der Waals surface area contributed by atoms with Crippen molar-refractivity contribution in [1.82, 2.24) is 4.90 Å². The molecule has 16 heavy (non-hydrogen) atoms. The molecule has 0 radical (unpaired) electrons.